The van der Waals surface area contributed by atoms with Crippen molar-refractivity contribution < 1.29 is 9.53 Å². The Hall–Kier alpha value is -1.82. The van der Waals surface area contributed by atoms with Crippen LogP contribution in [0.1, 0.15) is 15.4 Å². The van der Waals surface area contributed by atoms with E-state index >= 15 is 0 Å². The number of carbonyl (C=O) groups is 1. The Morgan fingerprint density at radius 2 is 2.33 bits per heavy atom. The molecule has 2 rings (SSSR count). The Balaban J connectivity index is 2.29. The number of thiazole rings is 1. The molecule has 0 aliphatic heterocycles. The summed E-state index contributed by atoms with van der Waals surface area (Å²) in [7, 11) is 1.51. The molecule has 0 aliphatic carbocycles. The van der Waals surface area contributed by atoms with Crippen LogP contribution in [0.3, 0.4) is 0 Å². The molecule has 0 amide bonds. The largest absolute Gasteiger partial charge is 0.473 e. The van der Waals surface area contributed by atoms with Crippen LogP contribution in [0.15, 0.2) is 24.8 Å². The van der Waals surface area contributed by atoms with Gasteiger partial charge >= 0.3 is 0 Å². The van der Waals surface area contributed by atoms with E-state index in [0.29, 0.717) is 15.8 Å². The lowest BCUT2D eigenvalue weighted by molar-refractivity contribution is 0.103. The van der Waals surface area contributed by atoms with Gasteiger partial charge in [0.1, 0.15) is 16.9 Å². The van der Waals surface area contributed by atoms with E-state index < -0.39 is 0 Å². The second-order valence-corrected chi connectivity index (χ2v) is 3.61. The smallest absolute Gasteiger partial charge is 0.273 e. The van der Waals surface area contributed by atoms with Crippen LogP contribution in [0.25, 0.3) is 0 Å². The standard InChI is InChI=1S/C9H7N3O2S/c1-14-9-11-4-7(15-9)8(13)6-2-3-10-5-12-6/h2-5H,1H3. The number of hydrogen-bond acceptors (Lipinski definition) is 6. The molecular formula is C9H7N3O2S. The molecule has 0 radical (unpaired) electrons. The molecule has 0 saturated heterocycles. The first-order valence-electron chi connectivity index (χ1n) is 4.12. The van der Waals surface area contributed by atoms with Crippen LogP contribution in [-0.2, 0) is 0 Å². The summed E-state index contributed by atoms with van der Waals surface area (Å²) in [5.74, 6) is -0.168. The van der Waals surface area contributed by atoms with Crippen LogP contribution >= 0.6 is 11.3 Å². The first-order chi connectivity index (χ1) is 7.31. The van der Waals surface area contributed by atoms with E-state index in [-0.39, 0.29) is 5.78 Å². The third kappa shape index (κ3) is 1.99. The molecule has 0 saturated carbocycles. The average Bonchev–Trinajstić information content (AvgIpc) is 2.78. The Kier molecular flexibility index (Phi) is 2.68. The zero-order valence-corrected chi connectivity index (χ0v) is 8.69. The first-order valence-corrected chi connectivity index (χ1v) is 4.93. The maximum Gasteiger partial charge on any atom is 0.273 e. The van der Waals surface area contributed by atoms with Gasteiger partial charge < -0.3 is 4.74 Å². The van der Waals surface area contributed by atoms with Gasteiger partial charge in [0.2, 0.25) is 5.78 Å². The SMILES string of the molecule is COc1ncc(C(=O)c2ccncn2)s1. The Morgan fingerprint density at radius 3 is 2.93 bits per heavy atom. The van der Waals surface area contributed by atoms with E-state index in [1.54, 1.807) is 6.07 Å². The Morgan fingerprint density at radius 1 is 1.47 bits per heavy atom. The number of rotatable bonds is 3. The molecule has 2 aromatic heterocycles. The number of carbonyl (C=O) groups excluding carboxylic acids is 1. The minimum atomic E-state index is -0.168. The molecule has 0 N–H and O–H groups in total. The number of hydrogen-bond donors (Lipinski definition) is 0. The van der Waals surface area contributed by atoms with Crippen molar-refractivity contribution in [1.82, 2.24) is 15.0 Å². The van der Waals surface area contributed by atoms with Crippen LogP contribution in [0.2, 0.25) is 0 Å². The van der Waals surface area contributed by atoms with Gasteiger partial charge in [0.15, 0.2) is 0 Å². The van der Waals surface area contributed by atoms with Gasteiger partial charge in [-0.2, -0.15) is 0 Å². The first kappa shape index (κ1) is 9.72. The van der Waals surface area contributed by atoms with Gasteiger partial charge in [0, 0.05) is 6.20 Å². The van der Waals surface area contributed by atoms with Gasteiger partial charge in [0.05, 0.1) is 13.3 Å². The third-order valence-corrected chi connectivity index (χ3v) is 2.65. The minimum absolute atomic E-state index is 0.168. The zero-order valence-electron chi connectivity index (χ0n) is 7.88. The summed E-state index contributed by atoms with van der Waals surface area (Å²) in [4.78, 5) is 23.8. The summed E-state index contributed by atoms with van der Waals surface area (Å²) in [5.41, 5.74) is 0.358. The third-order valence-electron chi connectivity index (χ3n) is 1.70. The quantitative estimate of drug-likeness (QED) is 0.728. The van der Waals surface area contributed by atoms with Crippen LogP contribution in [0, 0.1) is 0 Å². The molecule has 76 valence electrons. The van der Waals surface area contributed by atoms with Gasteiger partial charge in [-0.1, -0.05) is 11.3 Å². The number of methoxy groups -OCH3 is 1. The Bertz CT molecular complexity index is 469. The predicted molar refractivity (Wildman–Crippen MR) is 54.1 cm³/mol. The van der Waals surface area contributed by atoms with E-state index in [1.165, 1.54) is 37.2 Å². The van der Waals surface area contributed by atoms with Gasteiger partial charge in [-0.25, -0.2) is 15.0 Å². The molecule has 0 atom stereocenters. The van der Waals surface area contributed by atoms with E-state index in [2.05, 4.69) is 15.0 Å². The lowest BCUT2D eigenvalue weighted by Crippen LogP contribution is -2.01. The van der Waals surface area contributed by atoms with Gasteiger partial charge in [-0.15, -0.1) is 0 Å². The molecule has 2 heterocycles. The molecule has 2 aromatic rings. The zero-order chi connectivity index (χ0) is 10.7. The fourth-order valence-corrected chi connectivity index (χ4v) is 1.69. The van der Waals surface area contributed by atoms with Crippen LogP contribution in [0.4, 0.5) is 0 Å². The molecule has 0 bridgehead atoms. The number of ketones is 1. The fourth-order valence-electron chi connectivity index (χ4n) is 1.01. The van der Waals surface area contributed by atoms with Gasteiger partial charge in [-0.05, 0) is 6.07 Å². The predicted octanol–water partition coefficient (Wildman–Crippen LogP) is 1.17. The molecular weight excluding hydrogens is 214 g/mol. The van der Waals surface area contributed by atoms with Crippen LogP contribution in [0.5, 0.6) is 5.19 Å². The number of ether oxygens (including phenoxy) is 1. The molecule has 0 aliphatic rings. The van der Waals surface area contributed by atoms with Crippen molar-refractivity contribution in [2.45, 2.75) is 0 Å². The molecule has 0 aromatic carbocycles. The van der Waals surface area contributed by atoms with Crippen molar-refractivity contribution in [3.8, 4) is 5.19 Å². The highest BCUT2D eigenvalue weighted by atomic mass is 32.1. The van der Waals surface area contributed by atoms with E-state index in [4.69, 9.17) is 4.74 Å². The second kappa shape index (κ2) is 4.14. The van der Waals surface area contributed by atoms with E-state index in [0.717, 1.165) is 0 Å². The number of aromatic nitrogens is 3. The van der Waals surface area contributed by atoms with Crippen molar-refractivity contribution >= 4 is 17.1 Å². The van der Waals surface area contributed by atoms with Gasteiger partial charge in [-0.3, -0.25) is 4.79 Å². The molecule has 5 nitrogen and oxygen atoms in total. The summed E-state index contributed by atoms with van der Waals surface area (Å²) in [6, 6.07) is 1.56. The summed E-state index contributed by atoms with van der Waals surface area (Å²) >= 11 is 1.19. The highest BCUT2D eigenvalue weighted by molar-refractivity contribution is 7.15. The lowest BCUT2D eigenvalue weighted by Gasteiger charge is -1.93. The van der Waals surface area contributed by atoms with Crippen molar-refractivity contribution in [1.29, 1.82) is 0 Å². The number of nitrogens with zero attached hydrogens (tertiary/aromatic N) is 3. The monoisotopic (exact) mass is 221 g/mol. The lowest BCUT2D eigenvalue weighted by atomic mass is 10.2. The molecule has 0 spiro atoms. The van der Waals surface area contributed by atoms with Crippen molar-refractivity contribution in [3.63, 3.8) is 0 Å². The van der Waals surface area contributed by atoms with Crippen LogP contribution < -0.4 is 4.74 Å². The maximum absolute atomic E-state index is 11.8. The maximum atomic E-state index is 11.8. The normalized spacial score (nSPS) is 9.93. The summed E-state index contributed by atoms with van der Waals surface area (Å²) in [6.07, 6.45) is 4.35. The Labute approximate surface area is 89.8 Å². The fraction of sp³-hybridized carbons (Fsp3) is 0.111. The van der Waals surface area contributed by atoms with Crippen LogP contribution in [-0.4, -0.2) is 27.8 Å². The molecule has 0 unspecified atom stereocenters. The topological polar surface area (TPSA) is 65.0 Å². The van der Waals surface area contributed by atoms with Crippen molar-refractivity contribution in [2.75, 3.05) is 7.11 Å². The summed E-state index contributed by atoms with van der Waals surface area (Å²) < 4.78 is 4.90. The highest BCUT2D eigenvalue weighted by Crippen LogP contribution is 2.21. The van der Waals surface area contributed by atoms with Crippen molar-refractivity contribution in [2.24, 2.45) is 0 Å². The molecule has 0 fully saturated rings. The minimum Gasteiger partial charge on any atom is -0.473 e. The average molecular weight is 221 g/mol. The molecule has 15 heavy (non-hydrogen) atoms. The van der Waals surface area contributed by atoms with Crippen molar-refractivity contribution in [3.05, 3.63) is 35.4 Å². The summed E-state index contributed by atoms with van der Waals surface area (Å²) in [6.45, 7) is 0. The van der Waals surface area contributed by atoms with E-state index in [9.17, 15) is 4.79 Å². The highest BCUT2D eigenvalue weighted by Gasteiger charge is 2.13. The van der Waals surface area contributed by atoms with Gasteiger partial charge in [0.25, 0.3) is 5.19 Å². The summed E-state index contributed by atoms with van der Waals surface area (Å²) in [5, 5.41) is 0.465. The second-order valence-electron chi connectivity index (χ2n) is 2.62. The van der Waals surface area contributed by atoms with E-state index in [1.807, 2.05) is 0 Å². The molecule has 6 heteroatoms.